The van der Waals surface area contributed by atoms with Gasteiger partial charge < -0.3 is 27.2 Å². The van der Waals surface area contributed by atoms with Gasteiger partial charge in [-0.3, -0.25) is 33.5 Å². The van der Waals surface area contributed by atoms with Crippen LogP contribution < -0.4 is 22.5 Å². The maximum Gasteiger partial charge on any atom is 0.330 e. The number of aldehydes is 1. The van der Waals surface area contributed by atoms with Gasteiger partial charge in [0, 0.05) is 36.4 Å². The van der Waals surface area contributed by atoms with Gasteiger partial charge in [0.25, 0.3) is 11.1 Å². The lowest BCUT2D eigenvalue weighted by molar-refractivity contribution is -0.149. The molecule has 2 N–H and O–H groups in total. The number of rotatable bonds is 14. The summed E-state index contributed by atoms with van der Waals surface area (Å²) in [5.41, 5.74) is -4.31. The van der Waals surface area contributed by atoms with Crippen LogP contribution in [0.1, 0.15) is 109 Å². The molecule has 2 aromatic rings. The first kappa shape index (κ1) is 57.7. The van der Waals surface area contributed by atoms with Crippen molar-refractivity contribution in [3.05, 3.63) is 78.9 Å². The Balaban J connectivity index is 0.000000350. The van der Waals surface area contributed by atoms with E-state index in [1.54, 1.807) is 6.08 Å². The molecule has 2 fully saturated rings. The van der Waals surface area contributed by atoms with Gasteiger partial charge in [0.2, 0.25) is 0 Å². The summed E-state index contributed by atoms with van der Waals surface area (Å²) in [7, 11) is -8.80. The highest BCUT2D eigenvalue weighted by Gasteiger charge is 2.60. The van der Waals surface area contributed by atoms with E-state index in [0.29, 0.717) is 6.61 Å². The van der Waals surface area contributed by atoms with Crippen molar-refractivity contribution in [1.82, 2.24) is 19.1 Å². The summed E-state index contributed by atoms with van der Waals surface area (Å²) >= 11 is 0. The zero-order valence-electron chi connectivity index (χ0n) is 44.4. The number of aromatic nitrogens is 4. The van der Waals surface area contributed by atoms with E-state index in [1.807, 2.05) is 13.8 Å². The van der Waals surface area contributed by atoms with E-state index in [1.165, 1.54) is 33.7 Å². The SMILES string of the molecule is C=CC1(CO[Si](C)(C)C(C)(C)C)OC(n2ccc(=O)[nH]c2=O)C(C)C1O[Si](C)(C)C(C)(C)C.CC1C(n2ccc(=O)[nH]c2=O)OC(C=O)(CO[Si](C)(C)C(C)(C)C)C1O[Si](C)(C)C(C)(C)C. The highest BCUT2D eigenvalue weighted by atomic mass is 28.4. The van der Waals surface area contributed by atoms with Crippen molar-refractivity contribution in [2.75, 3.05) is 13.2 Å². The Morgan fingerprint density at radius 1 is 0.591 bits per heavy atom. The smallest absolute Gasteiger partial charge is 0.330 e. The molecule has 0 radical (unpaired) electrons. The van der Waals surface area contributed by atoms with Crippen molar-refractivity contribution in [3.63, 3.8) is 0 Å². The number of nitrogens with one attached hydrogen (secondary N) is 2. The fourth-order valence-electron chi connectivity index (χ4n) is 6.87. The predicted molar refractivity (Wildman–Crippen MR) is 273 cm³/mol. The minimum absolute atomic E-state index is 0.00712. The highest BCUT2D eigenvalue weighted by molar-refractivity contribution is 6.75. The Labute approximate surface area is 398 Å². The molecule has 2 aromatic heterocycles. The van der Waals surface area contributed by atoms with Crippen LogP contribution in [0.3, 0.4) is 0 Å². The van der Waals surface area contributed by atoms with Gasteiger partial charge in [0.05, 0.1) is 25.4 Å². The van der Waals surface area contributed by atoms with Crippen LogP contribution in [-0.4, -0.2) is 95.3 Å². The molecular formula is C47H86N4O11Si4. The van der Waals surface area contributed by atoms with Crippen LogP contribution in [0, 0.1) is 11.8 Å². The molecule has 2 aliphatic heterocycles. The van der Waals surface area contributed by atoms with Crippen molar-refractivity contribution in [3.8, 4) is 0 Å². The Kier molecular flexibility index (Phi) is 17.2. The highest BCUT2D eigenvalue weighted by Crippen LogP contribution is 2.50. The zero-order valence-corrected chi connectivity index (χ0v) is 48.4. The third-order valence-corrected chi connectivity index (χ3v) is 33.5. The Morgan fingerprint density at radius 2 is 0.894 bits per heavy atom. The van der Waals surface area contributed by atoms with E-state index in [9.17, 15) is 24.0 Å². The van der Waals surface area contributed by atoms with Crippen molar-refractivity contribution in [2.45, 2.75) is 205 Å². The molecule has 0 aliphatic carbocycles. The fraction of sp³-hybridized carbons (Fsp3) is 0.766. The van der Waals surface area contributed by atoms with E-state index in [4.69, 9.17) is 27.2 Å². The van der Waals surface area contributed by atoms with Crippen LogP contribution in [0.25, 0.3) is 0 Å². The number of H-pyrrole nitrogens is 2. The van der Waals surface area contributed by atoms with Gasteiger partial charge in [-0.15, -0.1) is 6.58 Å². The molecule has 2 saturated heterocycles. The van der Waals surface area contributed by atoms with Gasteiger partial charge in [-0.1, -0.05) is 103 Å². The van der Waals surface area contributed by atoms with Gasteiger partial charge in [0.15, 0.2) is 45.2 Å². The van der Waals surface area contributed by atoms with Gasteiger partial charge in [0.1, 0.15) is 18.1 Å². The van der Waals surface area contributed by atoms with E-state index in [2.05, 4.69) is 152 Å². The van der Waals surface area contributed by atoms with E-state index in [0.717, 1.165) is 6.29 Å². The quantitative estimate of drug-likeness (QED) is 0.105. The topological polar surface area (TPSA) is 182 Å². The Hall–Kier alpha value is -2.60. The number of carbonyl (C=O) groups is 1. The molecule has 0 amide bonds. The summed E-state index contributed by atoms with van der Waals surface area (Å²) in [6, 6.07) is 2.61. The number of hydrogen-bond acceptors (Lipinski definition) is 11. The lowest BCUT2D eigenvalue weighted by Crippen LogP contribution is -2.56. The van der Waals surface area contributed by atoms with Gasteiger partial charge in [-0.25, -0.2) is 9.59 Å². The molecule has 8 atom stereocenters. The molecule has 4 heterocycles. The van der Waals surface area contributed by atoms with Crippen molar-refractivity contribution < 1.29 is 32.0 Å². The second kappa shape index (κ2) is 19.7. The fourth-order valence-corrected chi connectivity index (χ4v) is 11.7. The summed E-state index contributed by atoms with van der Waals surface area (Å²) in [5.74, 6) is -0.514. The zero-order chi connectivity index (χ0) is 51.2. The molecule has 0 aromatic carbocycles. The molecule has 15 nitrogen and oxygen atoms in total. The van der Waals surface area contributed by atoms with Crippen LogP contribution in [0.4, 0.5) is 0 Å². The van der Waals surface area contributed by atoms with Crippen LogP contribution >= 0.6 is 0 Å². The third-order valence-electron chi connectivity index (χ3n) is 15.7. The molecule has 19 heteroatoms. The third kappa shape index (κ3) is 12.2. The molecule has 2 aliphatic rings. The normalized spacial score (nSPS) is 27.1. The van der Waals surface area contributed by atoms with Crippen LogP contribution in [0.5, 0.6) is 0 Å². The van der Waals surface area contributed by atoms with E-state index < -0.39 is 85.5 Å². The van der Waals surface area contributed by atoms with E-state index >= 15 is 0 Å². The minimum atomic E-state index is -2.31. The largest absolute Gasteiger partial charge is 0.413 e. The average Bonchev–Trinajstić information content (AvgIpc) is 3.57. The number of ether oxygens (including phenoxy) is 2. The number of carbonyl (C=O) groups excluding carboxylic acids is 1. The van der Waals surface area contributed by atoms with Crippen molar-refractivity contribution in [2.24, 2.45) is 11.8 Å². The van der Waals surface area contributed by atoms with Crippen LogP contribution in [-0.2, 0) is 32.0 Å². The van der Waals surface area contributed by atoms with Crippen LogP contribution in [0.2, 0.25) is 72.5 Å². The minimum Gasteiger partial charge on any atom is -0.413 e. The molecule has 376 valence electrons. The summed E-state index contributed by atoms with van der Waals surface area (Å²) < 4.78 is 42.5. The number of hydrogen-bond donors (Lipinski definition) is 2. The molecule has 4 rings (SSSR count). The van der Waals surface area contributed by atoms with Gasteiger partial charge >= 0.3 is 11.4 Å². The summed E-state index contributed by atoms with van der Waals surface area (Å²) in [5, 5.41) is -0.113. The first-order valence-electron chi connectivity index (χ1n) is 23.3. The Morgan fingerprint density at radius 3 is 1.18 bits per heavy atom. The maximum atomic E-state index is 12.7. The molecule has 0 saturated carbocycles. The van der Waals surface area contributed by atoms with E-state index in [-0.39, 0.29) is 44.7 Å². The Bertz CT molecular complexity index is 2100. The van der Waals surface area contributed by atoms with Crippen LogP contribution in [0.15, 0.2) is 56.4 Å². The van der Waals surface area contributed by atoms with Gasteiger partial charge in [-0.2, -0.15) is 0 Å². The molecule has 0 bridgehead atoms. The molecule has 0 spiro atoms. The standard InChI is InChI=1S/C24H44N2O5Si2.C23H42N2O6Si2/c1-13-24(16-29-32(9,10)22(3,4)5)19(31-33(11,12)23(6,7)8)17(2)20(30-24)26-15-14-18(27)25-21(26)28;1-16-18(31-33(10,11)22(5,6)7)23(14-26,15-29-32(8,9)21(2,3)4)30-19(16)25-13-12-17(27)24-20(25)28/h13-15,17,19-20H,1,16H2,2-12H3,(H,25,27,28);12-14,16,18-19H,15H2,1-11H3,(H,24,27,28). The lowest BCUT2D eigenvalue weighted by Gasteiger charge is -2.44. The number of nitrogens with zero attached hydrogens (tertiary/aromatic N) is 2. The number of aromatic amines is 2. The first-order valence-corrected chi connectivity index (χ1v) is 34.9. The van der Waals surface area contributed by atoms with Crippen molar-refractivity contribution >= 4 is 39.6 Å². The molecule has 66 heavy (non-hydrogen) atoms. The second-order valence-electron chi connectivity index (χ2n) is 24.7. The predicted octanol–water partition coefficient (Wildman–Crippen LogP) is 9.09. The summed E-state index contributed by atoms with van der Waals surface area (Å²) in [6.07, 6.45) is 3.09. The lowest BCUT2D eigenvalue weighted by atomic mass is 9.91. The second-order valence-corrected chi connectivity index (χ2v) is 43.8. The molecule has 8 unspecified atom stereocenters. The average molecular weight is 996 g/mol. The summed E-state index contributed by atoms with van der Waals surface area (Å²) in [4.78, 5) is 65.7. The maximum absolute atomic E-state index is 12.7. The summed E-state index contributed by atoms with van der Waals surface area (Å²) in [6.45, 7) is 51.7. The van der Waals surface area contributed by atoms with Crippen molar-refractivity contribution in [1.29, 1.82) is 0 Å². The monoisotopic (exact) mass is 995 g/mol. The first-order chi connectivity index (χ1) is 29.6. The molecular weight excluding hydrogens is 909 g/mol. The van der Waals surface area contributed by atoms with Gasteiger partial charge in [-0.05, 0) is 72.5 Å².